The molecule has 0 aromatic carbocycles. The summed E-state index contributed by atoms with van der Waals surface area (Å²) in [6, 6.07) is 0. The first-order chi connectivity index (χ1) is 8.68. The molecule has 3 nitrogen and oxygen atoms in total. The number of ether oxygens (including phenoxy) is 1. The van der Waals surface area contributed by atoms with Gasteiger partial charge in [0.1, 0.15) is 0 Å². The van der Waals surface area contributed by atoms with E-state index < -0.39 is 0 Å². The van der Waals surface area contributed by atoms with Crippen LogP contribution >= 0.6 is 0 Å². The van der Waals surface area contributed by atoms with Crippen molar-refractivity contribution in [2.24, 2.45) is 11.1 Å². The Hall–Kier alpha value is -0.120. The fourth-order valence-corrected chi connectivity index (χ4v) is 3.49. The van der Waals surface area contributed by atoms with Crippen molar-refractivity contribution < 1.29 is 4.74 Å². The standard InChI is InChI=1S/C15H30N2O/c1-14(8-11-18-12-9-14)17-10-7-15(13-16)5-3-2-4-6-15/h17H,2-13,16H2,1H3. The van der Waals surface area contributed by atoms with Gasteiger partial charge in [0.05, 0.1) is 0 Å². The first-order valence-corrected chi connectivity index (χ1v) is 7.71. The fraction of sp³-hybridized carbons (Fsp3) is 1.00. The van der Waals surface area contributed by atoms with E-state index in [1.807, 2.05) is 0 Å². The molecule has 0 radical (unpaired) electrons. The van der Waals surface area contributed by atoms with Crippen LogP contribution < -0.4 is 11.1 Å². The van der Waals surface area contributed by atoms with Crippen LogP contribution in [-0.4, -0.2) is 31.8 Å². The van der Waals surface area contributed by atoms with Crippen molar-refractivity contribution in [1.82, 2.24) is 5.32 Å². The van der Waals surface area contributed by atoms with Crippen molar-refractivity contribution in [2.75, 3.05) is 26.3 Å². The zero-order chi connectivity index (χ0) is 12.9. The number of rotatable bonds is 5. The molecule has 1 aliphatic heterocycles. The third kappa shape index (κ3) is 3.69. The molecule has 18 heavy (non-hydrogen) atoms. The van der Waals surface area contributed by atoms with Gasteiger partial charge >= 0.3 is 0 Å². The van der Waals surface area contributed by atoms with Crippen molar-refractivity contribution in [3.63, 3.8) is 0 Å². The lowest BCUT2D eigenvalue weighted by Gasteiger charge is -2.39. The van der Waals surface area contributed by atoms with Crippen molar-refractivity contribution >= 4 is 0 Å². The summed E-state index contributed by atoms with van der Waals surface area (Å²) in [5, 5.41) is 3.77. The van der Waals surface area contributed by atoms with Crippen molar-refractivity contribution in [1.29, 1.82) is 0 Å². The Kier molecular flexibility index (Phi) is 5.05. The van der Waals surface area contributed by atoms with E-state index in [9.17, 15) is 0 Å². The third-order valence-electron chi connectivity index (χ3n) is 5.15. The molecule has 2 fully saturated rings. The molecule has 0 spiro atoms. The number of hydrogen-bond acceptors (Lipinski definition) is 3. The van der Waals surface area contributed by atoms with Gasteiger partial charge in [-0.05, 0) is 57.5 Å². The van der Waals surface area contributed by atoms with Crippen LogP contribution in [0.15, 0.2) is 0 Å². The molecule has 1 saturated carbocycles. The van der Waals surface area contributed by atoms with Gasteiger partial charge in [0, 0.05) is 18.8 Å². The Bertz CT molecular complexity index is 243. The zero-order valence-electron chi connectivity index (χ0n) is 12.0. The van der Waals surface area contributed by atoms with Crippen LogP contribution in [0.25, 0.3) is 0 Å². The first-order valence-electron chi connectivity index (χ1n) is 7.71. The largest absolute Gasteiger partial charge is 0.381 e. The maximum absolute atomic E-state index is 6.04. The van der Waals surface area contributed by atoms with E-state index >= 15 is 0 Å². The summed E-state index contributed by atoms with van der Waals surface area (Å²) in [6.07, 6.45) is 10.4. The fourth-order valence-electron chi connectivity index (χ4n) is 3.49. The van der Waals surface area contributed by atoms with Gasteiger partial charge in [0.2, 0.25) is 0 Å². The lowest BCUT2D eigenvalue weighted by atomic mass is 9.72. The van der Waals surface area contributed by atoms with Crippen LogP contribution in [-0.2, 0) is 4.74 Å². The average molecular weight is 254 g/mol. The van der Waals surface area contributed by atoms with Gasteiger partial charge < -0.3 is 15.8 Å². The maximum Gasteiger partial charge on any atom is 0.0483 e. The predicted octanol–water partition coefficient (Wildman–Crippen LogP) is 2.44. The summed E-state index contributed by atoms with van der Waals surface area (Å²) in [5.74, 6) is 0. The minimum atomic E-state index is 0.294. The van der Waals surface area contributed by atoms with Crippen LogP contribution in [0.1, 0.15) is 58.3 Å². The zero-order valence-corrected chi connectivity index (χ0v) is 12.0. The molecule has 0 aromatic heterocycles. The molecule has 0 bridgehead atoms. The Morgan fingerprint density at radius 3 is 2.33 bits per heavy atom. The van der Waals surface area contributed by atoms with Crippen LogP contribution in [0.3, 0.4) is 0 Å². The topological polar surface area (TPSA) is 47.3 Å². The second-order valence-corrected chi connectivity index (χ2v) is 6.61. The molecule has 1 heterocycles. The van der Waals surface area contributed by atoms with Gasteiger partial charge in [-0.15, -0.1) is 0 Å². The highest BCUT2D eigenvalue weighted by Crippen LogP contribution is 2.38. The molecule has 0 amide bonds. The second-order valence-electron chi connectivity index (χ2n) is 6.61. The lowest BCUT2D eigenvalue weighted by Crippen LogP contribution is -2.48. The quantitative estimate of drug-likeness (QED) is 0.792. The molecule has 0 atom stereocenters. The summed E-state index contributed by atoms with van der Waals surface area (Å²) < 4.78 is 5.44. The van der Waals surface area contributed by atoms with Crippen LogP contribution in [0.5, 0.6) is 0 Å². The Labute approximate surface area is 112 Å². The highest BCUT2D eigenvalue weighted by Gasteiger charge is 2.32. The van der Waals surface area contributed by atoms with Gasteiger partial charge in [0.15, 0.2) is 0 Å². The summed E-state index contributed by atoms with van der Waals surface area (Å²) in [6.45, 7) is 6.14. The van der Waals surface area contributed by atoms with E-state index in [0.29, 0.717) is 11.0 Å². The average Bonchev–Trinajstić information content (AvgIpc) is 2.40. The Morgan fingerprint density at radius 2 is 1.72 bits per heavy atom. The Morgan fingerprint density at radius 1 is 1.06 bits per heavy atom. The molecule has 3 N–H and O–H groups in total. The monoisotopic (exact) mass is 254 g/mol. The van der Waals surface area contributed by atoms with Gasteiger partial charge in [-0.25, -0.2) is 0 Å². The number of nitrogens with one attached hydrogen (secondary N) is 1. The number of nitrogens with two attached hydrogens (primary N) is 1. The van der Waals surface area contributed by atoms with Gasteiger partial charge in [-0.1, -0.05) is 19.3 Å². The summed E-state index contributed by atoms with van der Waals surface area (Å²) in [5.41, 5.74) is 6.77. The van der Waals surface area contributed by atoms with Crippen molar-refractivity contribution in [2.45, 2.75) is 63.8 Å². The highest BCUT2D eigenvalue weighted by molar-refractivity contribution is 4.88. The van der Waals surface area contributed by atoms with Gasteiger partial charge in [-0.3, -0.25) is 0 Å². The maximum atomic E-state index is 6.04. The first kappa shape index (κ1) is 14.3. The molecule has 2 rings (SSSR count). The third-order valence-corrected chi connectivity index (χ3v) is 5.15. The number of hydrogen-bond donors (Lipinski definition) is 2. The minimum Gasteiger partial charge on any atom is -0.381 e. The highest BCUT2D eigenvalue weighted by atomic mass is 16.5. The van der Waals surface area contributed by atoms with Crippen molar-refractivity contribution in [3.05, 3.63) is 0 Å². The SMILES string of the molecule is CC1(NCCC2(CN)CCCCC2)CCOCC1. The summed E-state index contributed by atoms with van der Waals surface area (Å²) in [4.78, 5) is 0. The lowest BCUT2D eigenvalue weighted by molar-refractivity contribution is 0.0430. The molecule has 2 aliphatic rings. The summed E-state index contributed by atoms with van der Waals surface area (Å²) >= 11 is 0. The smallest absolute Gasteiger partial charge is 0.0483 e. The van der Waals surface area contributed by atoms with E-state index in [2.05, 4.69) is 12.2 Å². The van der Waals surface area contributed by atoms with Crippen LogP contribution in [0.4, 0.5) is 0 Å². The van der Waals surface area contributed by atoms with E-state index in [0.717, 1.165) is 39.1 Å². The predicted molar refractivity (Wildman–Crippen MR) is 75.7 cm³/mol. The van der Waals surface area contributed by atoms with Crippen LogP contribution in [0.2, 0.25) is 0 Å². The molecule has 0 aromatic rings. The molecular formula is C15H30N2O. The van der Waals surface area contributed by atoms with Gasteiger partial charge in [0.25, 0.3) is 0 Å². The van der Waals surface area contributed by atoms with Crippen LogP contribution in [0, 0.1) is 5.41 Å². The van der Waals surface area contributed by atoms with Crippen molar-refractivity contribution in [3.8, 4) is 0 Å². The second kappa shape index (κ2) is 6.36. The van der Waals surface area contributed by atoms with E-state index in [-0.39, 0.29) is 0 Å². The van der Waals surface area contributed by atoms with Gasteiger partial charge in [-0.2, -0.15) is 0 Å². The summed E-state index contributed by atoms with van der Waals surface area (Å²) in [7, 11) is 0. The Balaban J connectivity index is 1.75. The molecule has 0 unspecified atom stereocenters. The normalized spacial score (nSPS) is 27.0. The molecule has 3 heteroatoms. The molecule has 1 aliphatic carbocycles. The minimum absolute atomic E-state index is 0.294. The van der Waals surface area contributed by atoms with E-state index in [4.69, 9.17) is 10.5 Å². The van der Waals surface area contributed by atoms with E-state index in [1.165, 1.54) is 38.5 Å². The molecule has 1 saturated heterocycles. The molecule has 106 valence electrons. The molecular weight excluding hydrogens is 224 g/mol. The van der Waals surface area contributed by atoms with E-state index in [1.54, 1.807) is 0 Å².